The maximum absolute atomic E-state index is 4.04. The molecule has 1 N–H and O–H groups in total. The van der Waals surface area contributed by atoms with Crippen molar-refractivity contribution in [2.24, 2.45) is 11.8 Å². The summed E-state index contributed by atoms with van der Waals surface area (Å²) in [4.78, 5) is 4.04. The largest absolute Gasteiger partial charge is 0.336 e. The zero-order chi connectivity index (χ0) is 12.1. The Labute approximate surface area is 104 Å². The summed E-state index contributed by atoms with van der Waals surface area (Å²) >= 11 is 0. The standard InChI is InChI=1S/C14H23N3/c1-12-4-3-5-13(2)14(12)10-15-6-8-17-9-7-16-11-17/h4,7,9,11,13-15H,3,5-6,8,10H2,1-2H3/t13-,14-/m0/s1. The van der Waals surface area contributed by atoms with E-state index in [-0.39, 0.29) is 0 Å². The molecule has 2 rings (SSSR count). The Hall–Kier alpha value is -1.09. The summed E-state index contributed by atoms with van der Waals surface area (Å²) < 4.78 is 2.11. The van der Waals surface area contributed by atoms with E-state index in [4.69, 9.17) is 0 Å². The second kappa shape index (κ2) is 6.01. The lowest BCUT2D eigenvalue weighted by Crippen LogP contribution is -2.31. The van der Waals surface area contributed by atoms with Crippen LogP contribution in [-0.2, 0) is 6.54 Å². The third-order valence-corrected chi connectivity index (χ3v) is 3.83. The molecule has 3 nitrogen and oxygen atoms in total. The number of aromatic nitrogens is 2. The van der Waals surface area contributed by atoms with Gasteiger partial charge in [-0.1, -0.05) is 18.6 Å². The number of hydrogen-bond acceptors (Lipinski definition) is 2. The van der Waals surface area contributed by atoms with E-state index in [1.165, 1.54) is 12.8 Å². The summed E-state index contributed by atoms with van der Waals surface area (Å²) in [6, 6.07) is 0. The van der Waals surface area contributed by atoms with Crippen molar-refractivity contribution in [2.45, 2.75) is 33.2 Å². The maximum Gasteiger partial charge on any atom is 0.0946 e. The number of allylic oxidation sites excluding steroid dienone is 1. The van der Waals surface area contributed by atoms with Gasteiger partial charge in [-0.15, -0.1) is 0 Å². The molecule has 0 radical (unpaired) electrons. The van der Waals surface area contributed by atoms with Crippen LogP contribution in [0.5, 0.6) is 0 Å². The van der Waals surface area contributed by atoms with Gasteiger partial charge in [0.05, 0.1) is 6.33 Å². The first-order valence-corrected chi connectivity index (χ1v) is 6.60. The van der Waals surface area contributed by atoms with Gasteiger partial charge in [-0.05, 0) is 31.6 Å². The fraction of sp³-hybridized carbons (Fsp3) is 0.643. The van der Waals surface area contributed by atoms with Gasteiger partial charge in [0.15, 0.2) is 0 Å². The molecule has 1 aliphatic carbocycles. The Morgan fingerprint density at radius 2 is 2.41 bits per heavy atom. The third kappa shape index (κ3) is 3.43. The molecule has 0 saturated carbocycles. The van der Waals surface area contributed by atoms with Crippen molar-refractivity contribution in [2.75, 3.05) is 13.1 Å². The second-order valence-electron chi connectivity index (χ2n) is 5.11. The lowest BCUT2D eigenvalue weighted by Gasteiger charge is -2.29. The van der Waals surface area contributed by atoms with Gasteiger partial charge in [-0.3, -0.25) is 0 Å². The van der Waals surface area contributed by atoms with Gasteiger partial charge in [0, 0.05) is 32.0 Å². The molecule has 0 fully saturated rings. The van der Waals surface area contributed by atoms with E-state index in [2.05, 4.69) is 34.8 Å². The van der Waals surface area contributed by atoms with Crippen LogP contribution in [0.2, 0.25) is 0 Å². The maximum atomic E-state index is 4.04. The highest BCUT2D eigenvalue weighted by atomic mass is 15.0. The van der Waals surface area contributed by atoms with Crippen molar-refractivity contribution in [1.29, 1.82) is 0 Å². The normalized spacial score (nSPS) is 24.7. The van der Waals surface area contributed by atoms with E-state index in [0.29, 0.717) is 0 Å². The Balaban J connectivity index is 1.71. The van der Waals surface area contributed by atoms with E-state index in [1.54, 1.807) is 5.57 Å². The molecule has 0 spiro atoms. The van der Waals surface area contributed by atoms with E-state index in [1.807, 2.05) is 18.7 Å². The summed E-state index contributed by atoms with van der Waals surface area (Å²) in [6.07, 6.45) is 10.7. The van der Waals surface area contributed by atoms with Crippen molar-refractivity contribution in [3.63, 3.8) is 0 Å². The highest BCUT2D eigenvalue weighted by molar-refractivity contribution is 5.09. The summed E-state index contributed by atoms with van der Waals surface area (Å²) in [5.41, 5.74) is 1.57. The fourth-order valence-corrected chi connectivity index (χ4v) is 2.62. The fourth-order valence-electron chi connectivity index (χ4n) is 2.62. The minimum absolute atomic E-state index is 0.728. The lowest BCUT2D eigenvalue weighted by atomic mass is 9.80. The highest BCUT2D eigenvalue weighted by Gasteiger charge is 2.21. The smallest absolute Gasteiger partial charge is 0.0946 e. The average molecular weight is 233 g/mol. The van der Waals surface area contributed by atoms with Crippen molar-refractivity contribution in [3.8, 4) is 0 Å². The molecule has 94 valence electrons. The van der Waals surface area contributed by atoms with Crippen LogP contribution in [-0.4, -0.2) is 22.6 Å². The van der Waals surface area contributed by atoms with Crippen molar-refractivity contribution < 1.29 is 0 Å². The first kappa shape index (κ1) is 12.4. The third-order valence-electron chi connectivity index (χ3n) is 3.83. The quantitative estimate of drug-likeness (QED) is 0.625. The number of rotatable bonds is 5. The first-order chi connectivity index (χ1) is 8.27. The van der Waals surface area contributed by atoms with Gasteiger partial charge in [0.25, 0.3) is 0 Å². The molecular formula is C14H23N3. The minimum Gasteiger partial charge on any atom is -0.336 e. The molecule has 0 unspecified atom stereocenters. The Morgan fingerprint density at radius 3 is 3.12 bits per heavy atom. The molecule has 0 saturated heterocycles. The summed E-state index contributed by atoms with van der Waals surface area (Å²) in [6.45, 7) is 7.78. The monoisotopic (exact) mass is 233 g/mol. The Morgan fingerprint density at radius 1 is 1.53 bits per heavy atom. The number of hydrogen-bond donors (Lipinski definition) is 1. The molecular weight excluding hydrogens is 210 g/mol. The summed E-state index contributed by atoms with van der Waals surface area (Å²) in [7, 11) is 0. The first-order valence-electron chi connectivity index (χ1n) is 6.60. The van der Waals surface area contributed by atoms with Crippen LogP contribution in [0.15, 0.2) is 30.4 Å². The predicted molar refractivity (Wildman–Crippen MR) is 70.7 cm³/mol. The predicted octanol–water partition coefficient (Wildman–Crippen LogP) is 2.47. The second-order valence-corrected chi connectivity index (χ2v) is 5.11. The van der Waals surface area contributed by atoms with Crippen molar-refractivity contribution in [3.05, 3.63) is 30.4 Å². The van der Waals surface area contributed by atoms with E-state index in [9.17, 15) is 0 Å². The minimum atomic E-state index is 0.728. The summed E-state index contributed by atoms with van der Waals surface area (Å²) in [5.74, 6) is 1.55. The lowest BCUT2D eigenvalue weighted by molar-refractivity contribution is 0.348. The van der Waals surface area contributed by atoms with Crippen LogP contribution in [0.25, 0.3) is 0 Å². The average Bonchev–Trinajstić information content (AvgIpc) is 2.80. The zero-order valence-electron chi connectivity index (χ0n) is 10.9. The van der Waals surface area contributed by atoms with Crippen LogP contribution in [0.1, 0.15) is 26.7 Å². The molecule has 1 aliphatic rings. The Kier molecular flexibility index (Phi) is 4.37. The molecule has 1 heterocycles. The van der Waals surface area contributed by atoms with Crippen molar-refractivity contribution in [1.82, 2.24) is 14.9 Å². The van der Waals surface area contributed by atoms with Crippen LogP contribution >= 0.6 is 0 Å². The highest BCUT2D eigenvalue weighted by Crippen LogP contribution is 2.29. The molecule has 17 heavy (non-hydrogen) atoms. The van der Waals surface area contributed by atoms with Gasteiger partial charge in [0.2, 0.25) is 0 Å². The number of nitrogens with one attached hydrogen (secondary N) is 1. The van der Waals surface area contributed by atoms with Crippen LogP contribution < -0.4 is 5.32 Å². The van der Waals surface area contributed by atoms with Gasteiger partial charge in [-0.2, -0.15) is 0 Å². The van der Waals surface area contributed by atoms with E-state index >= 15 is 0 Å². The zero-order valence-corrected chi connectivity index (χ0v) is 10.9. The van der Waals surface area contributed by atoms with E-state index in [0.717, 1.165) is 31.5 Å². The van der Waals surface area contributed by atoms with Crippen LogP contribution in [0.4, 0.5) is 0 Å². The molecule has 0 bridgehead atoms. The molecule has 2 atom stereocenters. The van der Waals surface area contributed by atoms with E-state index < -0.39 is 0 Å². The Bertz CT molecular complexity index is 354. The topological polar surface area (TPSA) is 29.9 Å². The molecule has 1 aromatic rings. The molecule has 0 amide bonds. The molecule has 0 aliphatic heterocycles. The number of imidazole rings is 1. The summed E-state index contributed by atoms with van der Waals surface area (Å²) in [5, 5.41) is 3.56. The van der Waals surface area contributed by atoms with Gasteiger partial charge in [-0.25, -0.2) is 4.98 Å². The SMILES string of the molecule is CC1=CCC[C@H](C)[C@H]1CNCCn1ccnc1. The van der Waals surface area contributed by atoms with Crippen molar-refractivity contribution >= 4 is 0 Å². The van der Waals surface area contributed by atoms with Gasteiger partial charge < -0.3 is 9.88 Å². The van der Waals surface area contributed by atoms with Crippen LogP contribution in [0, 0.1) is 11.8 Å². The number of nitrogens with zero attached hydrogens (tertiary/aromatic N) is 2. The molecule has 3 heteroatoms. The van der Waals surface area contributed by atoms with Crippen LogP contribution in [0.3, 0.4) is 0 Å². The van der Waals surface area contributed by atoms with Gasteiger partial charge in [0.1, 0.15) is 0 Å². The molecule has 0 aromatic carbocycles. The van der Waals surface area contributed by atoms with Gasteiger partial charge >= 0.3 is 0 Å². The molecule has 1 aromatic heterocycles.